The van der Waals surface area contributed by atoms with Crippen LogP contribution in [0.4, 0.5) is 0 Å². The molecule has 0 aliphatic heterocycles. The van der Waals surface area contributed by atoms with Gasteiger partial charge in [-0.25, -0.2) is 4.79 Å². The minimum atomic E-state index is -1.12. The van der Waals surface area contributed by atoms with Crippen molar-refractivity contribution >= 4 is 101 Å². The quantitative estimate of drug-likeness (QED) is 0.336. The Bertz CT molecular complexity index is 280. The molecule has 0 spiro atoms. The Balaban J connectivity index is -0.00000112. The molecular formula is C8H13NNa2O5S2. The van der Waals surface area contributed by atoms with Crippen LogP contribution in [0.5, 0.6) is 0 Å². The maximum atomic E-state index is 11.2. The summed E-state index contributed by atoms with van der Waals surface area (Å²) in [5.41, 5.74) is 0. The van der Waals surface area contributed by atoms with Crippen molar-refractivity contribution in [3.63, 3.8) is 0 Å². The van der Waals surface area contributed by atoms with Crippen LogP contribution in [0.25, 0.3) is 0 Å². The molecule has 0 bridgehead atoms. The van der Waals surface area contributed by atoms with Crippen molar-refractivity contribution in [2.24, 2.45) is 0 Å². The van der Waals surface area contributed by atoms with Gasteiger partial charge in [-0.1, -0.05) is 0 Å². The number of hydrogen-bond donors (Lipinski definition) is 4. The molecule has 0 fully saturated rings. The Morgan fingerprint density at radius 2 is 1.72 bits per heavy atom. The molecule has 3 N–H and O–H groups in total. The molecule has 0 saturated carbocycles. The fraction of sp³-hybridized carbons (Fsp3) is 0.625. The van der Waals surface area contributed by atoms with E-state index in [9.17, 15) is 14.4 Å². The van der Waals surface area contributed by atoms with Crippen molar-refractivity contribution in [2.75, 3.05) is 17.3 Å². The second kappa shape index (κ2) is 14.5. The molecule has 0 aliphatic rings. The van der Waals surface area contributed by atoms with Gasteiger partial charge in [0.05, 0.1) is 11.5 Å². The van der Waals surface area contributed by atoms with Gasteiger partial charge in [-0.15, -0.1) is 11.8 Å². The van der Waals surface area contributed by atoms with Gasteiger partial charge in [0.25, 0.3) is 0 Å². The normalized spacial score (nSPS) is 10.5. The first-order valence-corrected chi connectivity index (χ1v) is 6.18. The number of thioether (sulfide) groups is 1. The van der Waals surface area contributed by atoms with Crippen LogP contribution in [0.1, 0.15) is 6.42 Å². The van der Waals surface area contributed by atoms with E-state index >= 15 is 0 Å². The third-order valence-electron chi connectivity index (χ3n) is 1.51. The zero-order chi connectivity index (χ0) is 12.6. The van der Waals surface area contributed by atoms with Crippen LogP contribution in [0.15, 0.2) is 0 Å². The van der Waals surface area contributed by atoms with Gasteiger partial charge in [0, 0.05) is 59.1 Å². The summed E-state index contributed by atoms with van der Waals surface area (Å²) >= 11 is 4.79. The summed E-state index contributed by atoms with van der Waals surface area (Å²) in [4.78, 5) is 32.0. The predicted molar refractivity (Wildman–Crippen MR) is 74.5 cm³/mol. The van der Waals surface area contributed by atoms with E-state index in [2.05, 4.69) is 17.9 Å². The van der Waals surface area contributed by atoms with Crippen LogP contribution in [0.3, 0.4) is 0 Å². The molecule has 0 saturated heterocycles. The number of nitrogens with one attached hydrogen (secondary N) is 1. The van der Waals surface area contributed by atoms with Crippen molar-refractivity contribution < 1.29 is 24.6 Å². The molecule has 94 valence electrons. The van der Waals surface area contributed by atoms with Crippen LogP contribution < -0.4 is 5.32 Å². The smallest absolute Gasteiger partial charge is 0.326 e. The van der Waals surface area contributed by atoms with Crippen molar-refractivity contribution in [1.82, 2.24) is 5.32 Å². The second-order valence-electron chi connectivity index (χ2n) is 2.86. The zero-order valence-corrected chi connectivity index (χ0v) is 16.1. The van der Waals surface area contributed by atoms with Gasteiger partial charge in [-0.3, -0.25) is 9.59 Å². The first-order chi connectivity index (χ1) is 7.47. The number of aliphatic carboxylic acids is 2. The molecule has 0 aliphatic carbocycles. The zero-order valence-electron chi connectivity index (χ0n) is 10.4. The molecule has 0 rings (SSSR count). The number of amides is 1. The Morgan fingerprint density at radius 1 is 1.17 bits per heavy atom. The average molecular weight is 313 g/mol. The summed E-state index contributed by atoms with van der Waals surface area (Å²) in [6.45, 7) is 0. The third-order valence-corrected chi connectivity index (χ3v) is 2.69. The van der Waals surface area contributed by atoms with Crippen LogP contribution >= 0.6 is 24.4 Å². The Labute approximate surface area is 159 Å². The topological polar surface area (TPSA) is 104 Å². The van der Waals surface area contributed by atoms with Crippen molar-refractivity contribution in [1.29, 1.82) is 0 Å². The SMILES string of the molecule is O=C(O)CSCC(=O)NC(CCS)C(=O)O.[Na].[Na]. The fourth-order valence-electron chi connectivity index (χ4n) is 0.854. The molecule has 0 heterocycles. The van der Waals surface area contributed by atoms with E-state index in [-0.39, 0.29) is 77.0 Å². The van der Waals surface area contributed by atoms with Crippen molar-refractivity contribution in [2.45, 2.75) is 12.5 Å². The molecule has 18 heavy (non-hydrogen) atoms. The monoisotopic (exact) mass is 313 g/mol. The van der Waals surface area contributed by atoms with Crippen LogP contribution in [0.2, 0.25) is 0 Å². The minimum absolute atomic E-state index is 0. The second-order valence-corrected chi connectivity index (χ2v) is 4.29. The number of thiol groups is 1. The van der Waals surface area contributed by atoms with E-state index in [1.807, 2.05) is 0 Å². The van der Waals surface area contributed by atoms with Gasteiger partial charge in [-0.2, -0.15) is 12.6 Å². The molecule has 1 amide bonds. The van der Waals surface area contributed by atoms with E-state index in [0.717, 1.165) is 11.8 Å². The summed E-state index contributed by atoms with van der Waals surface area (Å²) in [6, 6.07) is -0.963. The summed E-state index contributed by atoms with van der Waals surface area (Å²) in [6.07, 6.45) is 0.230. The largest absolute Gasteiger partial charge is 0.481 e. The van der Waals surface area contributed by atoms with E-state index in [1.165, 1.54) is 0 Å². The first kappa shape index (κ1) is 24.1. The fourth-order valence-corrected chi connectivity index (χ4v) is 1.66. The number of carboxylic acid groups (broad SMARTS) is 2. The summed E-state index contributed by atoms with van der Waals surface area (Å²) in [5.74, 6) is -2.52. The maximum Gasteiger partial charge on any atom is 0.326 e. The van der Waals surface area contributed by atoms with Gasteiger partial charge < -0.3 is 15.5 Å². The molecule has 0 aromatic heterocycles. The Kier molecular flexibility index (Phi) is 19.5. The predicted octanol–water partition coefficient (Wildman–Crippen LogP) is -1.07. The minimum Gasteiger partial charge on any atom is -0.481 e. The van der Waals surface area contributed by atoms with Crippen molar-refractivity contribution in [3.05, 3.63) is 0 Å². The van der Waals surface area contributed by atoms with Gasteiger partial charge in [0.1, 0.15) is 6.04 Å². The van der Waals surface area contributed by atoms with E-state index in [4.69, 9.17) is 10.2 Å². The summed E-state index contributed by atoms with van der Waals surface area (Å²) < 4.78 is 0. The van der Waals surface area contributed by atoms with E-state index in [0.29, 0.717) is 5.75 Å². The number of carboxylic acids is 2. The van der Waals surface area contributed by atoms with Crippen molar-refractivity contribution in [3.8, 4) is 0 Å². The number of carbonyl (C=O) groups excluding carboxylic acids is 1. The molecule has 0 aromatic carbocycles. The van der Waals surface area contributed by atoms with Gasteiger partial charge in [0.15, 0.2) is 0 Å². The molecule has 1 atom stereocenters. The molecule has 10 heteroatoms. The Morgan fingerprint density at radius 3 is 2.11 bits per heavy atom. The van der Waals surface area contributed by atoms with Gasteiger partial charge >= 0.3 is 11.9 Å². The standard InChI is InChI=1S/C8H13NO5S2.2Na/c10-6(3-16-4-7(11)12)9-5(1-2-15)8(13)14;;/h5,15H,1-4H2,(H,9,10)(H,11,12)(H,13,14);;. The number of rotatable bonds is 8. The molecule has 2 radical (unpaired) electrons. The van der Waals surface area contributed by atoms with E-state index < -0.39 is 23.9 Å². The first-order valence-electron chi connectivity index (χ1n) is 4.40. The van der Waals surface area contributed by atoms with Gasteiger partial charge in [0.2, 0.25) is 5.91 Å². The van der Waals surface area contributed by atoms with Crippen LogP contribution in [-0.2, 0) is 14.4 Å². The summed E-state index contributed by atoms with van der Waals surface area (Å²) in [7, 11) is 0. The molecule has 0 aromatic rings. The number of carbonyl (C=O) groups is 3. The average Bonchev–Trinajstić information content (AvgIpc) is 2.16. The summed E-state index contributed by atoms with van der Waals surface area (Å²) in [5, 5.41) is 19.3. The van der Waals surface area contributed by atoms with Crippen LogP contribution in [-0.4, -0.2) is 110 Å². The molecule has 1 unspecified atom stereocenters. The molecule has 6 nitrogen and oxygen atoms in total. The van der Waals surface area contributed by atoms with Gasteiger partial charge in [-0.05, 0) is 12.2 Å². The molecular weight excluding hydrogens is 300 g/mol. The maximum absolute atomic E-state index is 11.2. The number of hydrogen-bond acceptors (Lipinski definition) is 5. The Hall–Kier alpha value is 1.11. The third kappa shape index (κ3) is 13.5. The van der Waals surface area contributed by atoms with Crippen LogP contribution in [0, 0.1) is 0 Å². The van der Waals surface area contributed by atoms with E-state index in [1.54, 1.807) is 0 Å².